The Morgan fingerprint density at radius 2 is 0.810 bits per heavy atom. The van der Waals surface area contributed by atoms with Crippen LogP contribution in [0.1, 0.15) is 50.2 Å². The number of aromatic nitrogens is 1. The Morgan fingerprint density at radius 3 is 1.29 bits per heavy atom. The van der Waals surface area contributed by atoms with E-state index in [0.29, 0.717) is 0 Å². The lowest BCUT2D eigenvalue weighted by atomic mass is 9.86. The molecule has 0 saturated carbocycles. The zero-order valence-corrected chi connectivity index (χ0v) is 14.9. The van der Waals surface area contributed by atoms with E-state index >= 15 is 0 Å². The minimum atomic E-state index is 1.14. The molecule has 112 valence electrons. The molecule has 1 heterocycles. The Kier molecular flexibility index (Phi) is 3.97. The average Bonchev–Trinajstić information content (AvgIpc) is 2.46. The number of hydrogen-bond acceptors (Lipinski definition) is 1. The van der Waals surface area contributed by atoms with Crippen molar-refractivity contribution < 1.29 is 0 Å². The van der Waals surface area contributed by atoms with Gasteiger partial charge in [-0.05, 0) is 107 Å². The molecule has 1 aromatic heterocycles. The van der Waals surface area contributed by atoms with Gasteiger partial charge in [0.2, 0.25) is 0 Å². The molecule has 0 aliphatic rings. The summed E-state index contributed by atoms with van der Waals surface area (Å²) in [6.45, 7) is 19.8. The van der Waals surface area contributed by atoms with E-state index in [1.807, 2.05) is 0 Å². The van der Waals surface area contributed by atoms with Gasteiger partial charge in [-0.3, -0.25) is 4.98 Å². The van der Waals surface area contributed by atoms with Gasteiger partial charge in [-0.25, -0.2) is 0 Å². The van der Waals surface area contributed by atoms with Crippen LogP contribution in [-0.2, 0) is 0 Å². The molecule has 0 atom stereocenters. The lowest BCUT2D eigenvalue weighted by Gasteiger charge is -2.21. The van der Waals surface area contributed by atoms with Crippen molar-refractivity contribution in [3.05, 3.63) is 50.2 Å². The average molecular weight is 281 g/mol. The van der Waals surface area contributed by atoms with Gasteiger partial charge in [-0.15, -0.1) is 0 Å². The van der Waals surface area contributed by atoms with Gasteiger partial charge in [-0.1, -0.05) is 0 Å². The van der Waals surface area contributed by atoms with Crippen molar-refractivity contribution in [2.75, 3.05) is 0 Å². The smallest absolute Gasteiger partial charge is 0.0742 e. The predicted octanol–water partition coefficient (Wildman–Crippen LogP) is 5.52. The first-order valence-electron chi connectivity index (χ1n) is 7.70. The van der Waals surface area contributed by atoms with Crippen LogP contribution in [0.5, 0.6) is 0 Å². The SMILES string of the molecule is Cc1nc(-c2c(C)c(C)c(C)c(C)c2C)c(C)c(C)c1C. The maximum absolute atomic E-state index is 4.94. The summed E-state index contributed by atoms with van der Waals surface area (Å²) in [5, 5.41) is 0. The zero-order chi connectivity index (χ0) is 16.1. The fourth-order valence-corrected chi connectivity index (χ4v) is 3.16. The van der Waals surface area contributed by atoms with Crippen LogP contribution in [0.4, 0.5) is 0 Å². The summed E-state index contributed by atoms with van der Waals surface area (Å²) < 4.78 is 0. The zero-order valence-electron chi connectivity index (χ0n) is 14.9. The summed E-state index contributed by atoms with van der Waals surface area (Å²) in [7, 11) is 0. The summed E-state index contributed by atoms with van der Waals surface area (Å²) >= 11 is 0. The van der Waals surface area contributed by atoms with E-state index in [4.69, 9.17) is 4.98 Å². The summed E-state index contributed by atoms with van der Waals surface area (Å²) in [5.74, 6) is 0. The van der Waals surface area contributed by atoms with Crippen LogP contribution >= 0.6 is 0 Å². The first-order valence-corrected chi connectivity index (χ1v) is 7.70. The highest BCUT2D eigenvalue weighted by molar-refractivity contribution is 5.75. The molecular weight excluding hydrogens is 254 g/mol. The Morgan fingerprint density at radius 1 is 0.429 bits per heavy atom. The van der Waals surface area contributed by atoms with Crippen molar-refractivity contribution in [1.29, 1.82) is 0 Å². The van der Waals surface area contributed by atoms with Crippen LogP contribution in [0.2, 0.25) is 0 Å². The number of aryl methyl sites for hydroxylation is 1. The molecule has 0 fully saturated rings. The molecule has 0 aliphatic heterocycles. The van der Waals surface area contributed by atoms with Gasteiger partial charge < -0.3 is 0 Å². The third-order valence-electron chi connectivity index (χ3n) is 5.54. The minimum absolute atomic E-state index is 1.14. The van der Waals surface area contributed by atoms with Crippen molar-refractivity contribution in [2.24, 2.45) is 0 Å². The van der Waals surface area contributed by atoms with E-state index in [0.717, 1.165) is 11.4 Å². The van der Waals surface area contributed by atoms with Crippen LogP contribution in [0.3, 0.4) is 0 Å². The number of pyridine rings is 1. The Hall–Kier alpha value is -1.63. The van der Waals surface area contributed by atoms with Gasteiger partial charge >= 0.3 is 0 Å². The van der Waals surface area contributed by atoms with Crippen molar-refractivity contribution in [2.45, 2.75) is 62.3 Å². The van der Waals surface area contributed by atoms with Crippen molar-refractivity contribution >= 4 is 0 Å². The normalized spacial score (nSPS) is 11.1. The molecule has 1 heteroatoms. The largest absolute Gasteiger partial charge is 0.253 e. The number of benzene rings is 1. The molecule has 0 unspecified atom stereocenters. The van der Waals surface area contributed by atoms with Gasteiger partial charge in [0.1, 0.15) is 0 Å². The molecule has 0 saturated heterocycles. The lowest BCUT2D eigenvalue weighted by Crippen LogP contribution is -2.05. The minimum Gasteiger partial charge on any atom is -0.253 e. The standard InChI is InChI=1S/C20H27N/c1-10-11(2)15(6)19(16(7)12(10)3)20-17(8)13(4)14(5)18(9)21-20/h1-9H3. The monoisotopic (exact) mass is 281 g/mol. The summed E-state index contributed by atoms with van der Waals surface area (Å²) in [5.41, 5.74) is 14.6. The molecule has 0 radical (unpaired) electrons. The molecule has 0 bridgehead atoms. The van der Waals surface area contributed by atoms with E-state index in [1.165, 1.54) is 50.1 Å². The van der Waals surface area contributed by atoms with Crippen LogP contribution in [-0.4, -0.2) is 4.98 Å². The highest BCUT2D eigenvalue weighted by Crippen LogP contribution is 2.36. The molecule has 0 N–H and O–H groups in total. The lowest BCUT2D eigenvalue weighted by molar-refractivity contribution is 1.08. The first kappa shape index (κ1) is 15.8. The summed E-state index contributed by atoms with van der Waals surface area (Å²) in [4.78, 5) is 4.94. The molecule has 1 aromatic carbocycles. The molecule has 0 aliphatic carbocycles. The van der Waals surface area contributed by atoms with Crippen molar-refractivity contribution in [3.63, 3.8) is 0 Å². The van der Waals surface area contributed by atoms with Crippen LogP contribution < -0.4 is 0 Å². The quantitative estimate of drug-likeness (QED) is 0.670. The van der Waals surface area contributed by atoms with E-state index < -0.39 is 0 Å². The fourth-order valence-electron chi connectivity index (χ4n) is 3.16. The maximum atomic E-state index is 4.94. The van der Waals surface area contributed by atoms with E-state index in [-0.39, 0.29) is 0 Å². The molecule has 0 spiro atoms. The van der Waals surface area contributed by atoms with E-state index in [2.05, 4.69) is 62.3 Å². The van der Waals surface area contributed by atoms with Crippen molar-refractivity contribution in [3.8, 4) is 11.3 Å². The number of rotatable bonds is 1. The molecule has 1 nitrogen and oxygen atoms in total. The third kappa shape index (κ3) is 2.29. The predicted molar refractivity (Wildman–Crippen MR) is 92.3 cm³/mol. The van der Waals surface area contributed by atoms with Gasteiger partial charge in [0.05, 0.1) is 5.69 Å². The molecule has 0 amide bonds. The Labute approximate surface area is 129 Å². The number of hydrogen-bond donors (Lipinski definition) is 0. The van der Waals surface area contributed by atoms with Gasteiger partial charge in [0.15, 0.2) is 0 Å². The summed E-state index contributed by atoms with van der Waals surface area (Å²) in [6.07, 6.45) is 0. The second-order valence-electron chi connectivity index (χ2n) is 6.42. The van der Waals surface area contributed by atoms with E-state index in [1.54, 1.807) is 0 Å². The van der Waals surface area contributed by atoms with Crippen LogP contribution in [0.15, 0.2) is 0 Å². The Bertz CT molecular complexity index is 707. The highest BCUT2D eigenvalue weighted by atomic mass is 14.7. The molecular formula is C20H27N. The Balaban J connectivity index is 2.93. The third-order valence-corrected chi connectivity index (χ3v) is 5.54. The highest BCUT2D eigenvalue weighted by Gasteiger charge is 2.18. The second-order valence-corrected chi connectivity index (χ2v) is 6.42. The van der Waals surface area contributed by atoms with Gasteiger partial charge in [0.25, 0.3) is 0 Å². The van der Waals surface area contributed by atoms with Crippen molar-refractivity contribution in [1.82, 2.24) is 4.98 Å². The van der Waals surface area contributed by atoms with E-state index in [9.17, 15) is 0 Å². The number of nitrogens with zero attached hydrogens (tertiary/aromatic N) is 1. The molecule has 21 heavy (non-hydrogen) atoms. The van der Waals surface area contributed by atoms with Gasteiger partial charge in [0, 0.05) is 11.3 Å². The second kappa shape index (κ2) is 5.29. The first-order chi connectivity index (χ1) is 9.68. The molecule has 2 aromatic rings. The van der Waals surface area contributed by atoms with Crippen LogP contribution in [0, 0.1) is 62.3 Å². The summed E-state index contributed by atoms with van der Waals surface area (Å²) in [6, 6.07) is 0. The maximum Gasteiger partial charge on any atom is 0.0742 e. The molecule has 2 rings (SSSR count). The van der Waals surface area contributed by atoms with Gasteiger partial charge in [-0.2, -0.15) is 0 Å². The van der Waals surface area contributed by atoms with Crippen LogP contribution in [0.25, 0.3) is 11.3 Å². The topological polar surface area (TPSA) is 12.9 Å². The fraction of sp³-hybridized carbons (Fsp3) is 0.450.